The summed E-state index contributed by atoms with van der Waals surface area (Å²) in [7, 11) is -3.44. The molecule has 0 bridgehead atoms. The summed E-state index contributed by atoms with van der Waals surface area (Å²) in [5.41, 5.74) is 2.01. The first-order chi connectivity index (χ1) is 13.1. The Balaban J connectivity index is 1.42. The Labute approximate surface area is 159 Å². The van der Waals surface area contributed by atoms with Crippen LogP contribution in [0.3, 0.4) is 0 Å². The predicted molar refractivity (Wildman–Crippen MR) is 99.1 cm³/mol. The Hall–Kier alpha value is -2.03. The fourth-order valence-electron chi connectivity index (χ4n) is 3.53. The van der Waals surface area contributed by atoms with Gasteiger partial charge in [-0.05, 0) is 25.0 Å². The van der Waals surface area contributed by atoms with Gasteiger partial charge in [0.1, 0.15) is 12.4 Å². The van der Waals surface area contributed by atoms with Crippen LogP contribution in [0.1, 0.15) is 24.1 Å². The van der Waals surface area contributed by atoms with Gasteiger partial charge < -0.3 is 9.47 Å². The molecule has 0 aliphatic carbocycles. The largest absolute Gasteiger partial charge is 0.474 e. The van der Waals surface area contributed by atoms with Crippen molar-refractivity contribution in [3.05, 3.63) is 47.9 Å². The van der Waals surface area contributed by atoms with E-state index < -0.39 is 10.0 Å². The van der Waals surface area contributed by atoms with Gasteiger partial charge >= 0.3 is 0 Å². The van der Waals surface area contributed by atoms with Crippen LogP contribution in [0.4, 0.5) is 0 Å². The van der Waals surface area contributed by atoms with E-state index in [0.717, 1.165) is 24.1 Å². The second kappa shape index (κ2) is 7.92. The van der Waals surface area contributed by atoms with Gasteiger partial charge in [-0.1, -0.05) is 18.2 Å². The van der Waals surface area contributed by atoms with Gasteiger partial charge in [-0.25, -0.2) is 18.4 Å². The monoisotopic (exact) mass is 389 g/mol. The molecule has 0 atom stereocenters. The summed E-state index contributed by atoms with van der Waals surface area (Å²) < 4.78 is 38.7. The van der Waals surface area contributed by atoms with Crippen LogP contribution in [0.15, 0.2) is 41.6 Å². The van der Waals surface area contributed by atoms with Crippen LogP contribution in [-0.4, -0.2) is 55.1 Å². The Morgan fingerprint density at radius 3 is 2.56 bits per heavy atom. The zero-order valence-electron chi connectivity index (χ0n) is 15.1. The molecule has 2 aliphatic heterocycles. The van der Waals surface area contributed by atoms with Crippen molar-refractivity contribution in [1.82, 2.24) is 14.3 Å². The standard InChI is InChI=1S/C19H23N3O4S/c23-27(24,16-4-2-1-3-5-16)22-10-6-15(7-11-22)26-19-17-8-12-25-13-9-18(17)20-14-21-19/h1-5,14-15H,6-13H2. The maximum absolute atomic E-state index is 12.7. The molecule has 27 heavy (non-hydrogen) atoms. The normalized spacial score (nSPS) is 19.3. The molecule has 7 nitrogen and oxygen atoms in total. The van der Waals surface area contributed by atoms with E-state index in [9.17, 15) is 8.42 Å². The van der Waals surface area contributed by atoms with E-state index in [1.165, 1.54) is 10.6 Å². The van der Waals surface area contributed by atoms with Crippen molar-refractivity contribution < 1.29 is 17.9 Å². The van der Waals surface area contributed by atoms with E-state index in [0.29, 0.717) is 49.9 Å². The molecule has 0 spiro atoms. The minimum Gasteiger partial charge on any atom is -0.474 e. The molecule has 1 aromatic carbocycles. The number of hydrogen-bond donors (Lipinski definition) is 0. The van der Waals surface area contributed by atoms with Crippen molar-refractivity contribution in [3.63, 3.8) is 0 Å². The molecular formula is C19H23N3O4S. The molecule has 1 aromatic heterocycles. The maximum Gasteiger partial charge on any atom is 0.243 e. The summed E-state index contributed by atoms with van der Waals surface area (Å²) in [6, 6.07) is 8.57. The number of piperidine rings is 1. The highest BCUT2D eigenvalue weighted by molar-refractivity contribution is 7.89. The van der Waals surface area contributed by atoms with Crippen LogP contribution in [0.25, 0.3) is 0 Å². The lowest BCUT2D eigenvalue weighted by Gasteiger charge is -2.31. The van der Waals surface area contributed by atoms with E-state index >= 15 is 0 Å². The van der Waals surface area contributed by atoms with Crippen LogP contribution >= 0.6 is 0 Å². The average molecular weight is 389 g/mol. The van der Waals surface area contributed by atoms with Crippen molar-refractivity contribution in [2.45, 2.75) is 36.7 Å². The Morgan fingerprint density at radius 2 is 1.78 bits per heavy atom. The zero-order valence-corrected chi connectivity index (χ0v) is 15.9. The highest BCUT2D eigenvalue weighted by Crippen LogP contribution is 2.26. The molecular weight excluding hydrogens is 366 g/mol. The third kappa shape index (κ3) is 3.97. The molecule has 144 valence electrons. The number of hydrogen-bond acceptors (Lipinski definition) is 6. The first kappa shape index (κ1) is 18.3. The van der Waals surface area contributed by atoms with Gasteiger partial charge in [0.15, 0.2) is 0 Å². The topological polar surface area (TPSA) is 81.6 Å². The van der Waals surface area contributed by atoms with Gasteiger partial charge in [-0.2, -0.15) is 4.31 Å². The second-order valence-electron chi connectivity index (χ2n) is 6.75. The Kier molecular flexibility index (Phi) is 5.38. The van der Waals surface area contributed by atoms with Gasteiger partial charge in [0.2, 0.25) is 15.9 Å². The number of fused-ring (bicyclic) bond motifs is 1. The summed E-state index contributed by atoms with van der Waals surface area (Å²) in [6.07, 6.45) is 4.28. The van der Waals surface area contributed by atoms with Crippen molar-refractivity contribution in [1.29, 1.82) is 0 Å². The number of rotatable bonds is 4. The van der Waals surface area contributed by atoms with Gasteiger partial charge in [-0.15, -0.1) is 0 Å². The lowest BCUT2D eigenvalue weighted by atomic mass is 10.1. The third-order valence-electron chi connectivity index (χ3n) is 5.03. The molecule has 2 aromatic rings. The number of sulfonamides is 1. The molecule has 1 saturated heterocycles. The molecule has 8 heteroatoms. The van der Waals surface area contributed by atoms with E-state index in [-0.39, 0.29) is 6.10 Å². The molecule has 1 fully saturated rings. The lowest BCUT2D eigenvalue weighted by molar-refractivity contribution is 0.126. The van der Waals surface area contributed by atoms with Crippen molar-refractivity contribution in [3.8, 4) is 5.88 Å². The number of ether oxygens (including phenoxy) is 2. The van der Waals surface area contributed by atoms with Gasteiger partial charge in [0.25, 0.3) is 0 Å². The highest BCUT2D eigenvalue weighted by Gasteiger charge is 2.30. The Morgan fingerprint density at radius 1 is 1.04 bits per heavy atom. The zero-order chi connectivity index (χ0) is 18.7. The van der Waals surface area contributed by atoms with Crippen molar-refractivity contribution >= 4 is 10.0 Å². The second-order valence-corrected chi connectivity index (χ2v) is 8.69. The first-order valence-corrected chi connectivity index (χ1v) is 10.7. The van der Waals surface area contributed by atoms with Crippen LogP contribution in [0.2, 0.25) is 0 Å². The van der Waals surface area contributed by atoms with E-state index in [4.69, 9.17) is 9.47 Å². The van der Waals surface area contributed by atoms with Gasteiger partial charge in [0.05, 0.1) is 23.8 Å². The SMILES string of the molecule is O=S(=O)(c1ccccc1)N1CCC(Oc2ncnc3c2CCOCC3)CC1. The molecule has 4 rings (SSSR count). The average Bonchev–Trinajstić information content (AvgIpc) is 2.95. The van der Waals surface area contributed by atoms with Crippen LogP contribution in [-0.2, 0) is 27.6 Å². The molecule has 3 heterocycles. The molecule has 2 aliphatic rings. The molecule has 0 radical (unpaired) electrons. The summed E-state index contributed by atoms with van der Waals surface area (Å²) in [5.74, 6) is 0.620. The first-order valence-electron chi connectivity index (χ1n) is 9.27. The van der Waals surface area contributed by atoms with Crippen LogP contribution in [0.5, 0.6) is 5.88 Å². The summed E-state index contributed by atoms with van der Waals surface area (Å²) in [4.78, 5) is 9.01. The van der Waals surface area contributed by atoms with Gasteiger partial charge in [-0.3, -0.25) is 0 Å². The minimum absolute atomic E-state index is 0.0459. The van der Waals surface area contributed by atoms with E-state index in [1.807, 2.05) is 6.07 Å². The Bertz CT molecular complexity index is 881. The molecule has 0 saturated carbocycles. The molecule has 0 amide bonds. The quantitative estimate of drug-likeness (QED) is 0.793. The highest BCUT2D eigenvalue weighted by atomic mass is 32.2. The van der Waals surface area contributed by atoms with Crippen molar-refractivity contribution in [2.24, 2.45) is 0 Å². The van der Waals surface area contributed by atoms with Crippen LogP contribution in [0, 0.1) is 0 Å². The third-order valence-corrected chi connectivity index (χ3v) is 6.95. The van der Waals surface area contributed by atoms with E-state index in [1.54, 1.807) is 24.3 Å². The number of benzene rings is 1. The maximum atomic E-state index is 12.7. The van der Waals surface area contributed by atoms with Crippen LogP contribution < -0.4 is 4.74 Å². The summed E-state index contributed by atoms with van der Waals surface area (Å²) >= 11 is 0. The van der Waals surface area contributed by atoms with E-state index in [2.05, 4.69) is 9.97 Å². The lowest BCUT2D eigenvalue weighted by Crippen LogP contribution is -2.41. The fraction of sp³-hybridized carbons (Fsp3) is 0.474. The number of nitrogens with zero attached hydrogens (tertiary/aromatic N) is 3. The molecule has 0 unspecified atom stereocenters. The predicted octanol–water partition coefficient (Wildman–Crippen LogP) is 1.82. The number of aromatic nitrogens is 2. The molecule has 0 N–H and O–H groups in total. The summed E-state index contributed by atoms with van der Waals surface area (Å²) in [6.45, 7) is 2.19. The minimum atomic E-state index is -3.44. The van der Waals surface area contributed by atoms with Crippen molar-refractivity contribution in [2.75, 3.05) is 26.3 Å². The smallest absolute Gasteiger partial charge is 0.243 e. The summed E-state index contributed by atoms with van der Waals surface area (Å²) in [5, 5.41) is 0. The van der Waals surface area contributed by atoms with Gasteiger partial charge in [0, 0.05) is 31.5 Å². The fourth-order valence-corrected chi connectivity index (χ4v) is 5.02.